The van der Waals surface area contributed by atoms with Gasteiger partial charge < -0.3 is 14.3 Å². The molecule has 0 spiro atoms. The van der Waals surface area contributed by atoms with Crippen LogP contribution >= 0.6 is 0 Å². The Bertz CT molecular complexity index is 832. The average Bonchev–Trinajstić information content (AvgIpc) is 3.40. The lowest BCUT2D eigenvalue weighted by Gasteiger charge is -2.36. The highest BCUT2D eigenvalue weighted by molar-refractivity contribution is 5.80. The van der Waals surface area contributed by atoms with Gasteiger partial charge in [0.2, 0.25) is 5.91 Å². The molecule has 152 valence electrons. The molecule has 1 amide bonds. The first-order valence-corrected chi connectivity index (χ1v) is 10.5. The Hall–Kier alpha value is -2.15. The van der Waals surface area contributed by atoms with Gasteiger partial charge in [-0.25, -0.2) is 0 Å². The normalized spacial score (nSPS) is 21.8. The van der Waals surface area contributed by atoms with Crippen molar-refractivity contribution in [2.75, 3.05) is 19.6 Å². The van der Waals surface area contributed by atoms with E-state index in [1.54, 1.807) is 0 Å². The topological polar surface area (TPSA) is 67.4 Å². The predicted octanol–water partition coefficient (Wildman–Crippen LogP) is 3.17. The third kappa shape index (κ3) is 3.60. The number of carbonyl (C=O) groups is 1. The number of aryl methyl sites for hydroxylation is 2. The molecule has 0 saturated carbocycles. The lowest BCUT2D eigenvalue weighted by molar-refractivity contribution is -0.138. The van der Waals surface area contributed by atoms with Gasteiger partial charge in [0.15, 0.2) is 5.76 Å². The zero-order chi connectivity index (χ0) is 19.8. The molecule has 2 fully saturated rings. The largest absolute Gasteiger partial charge is 0.356 e. The first-order valence-electron chi connectivity index (χ1n) is 10.5. The van der Waals surface area contributed by atoms with Gasteiger partial charge in [0.05, 0.1) is 23.0 Å². The summed E-state index contributed by atoms with van der Waals surface area (Å²) in [5.74, 6) is 1.16. The molecule has 7 heteroatoms. The quantitative estimate of drug-likeness (QED) is 0.809. The smallest absolute Gasteiger partial charge is 0.226 e. The summed E-state index contributed by atoms with van der Waals surface area (Å²) < 4.78 is 7.31. The Balaban J connectivity index is 1.54. The SMILES string of the molecule is Cc1cc(-c2cn(C)nc2[C@@H]2CCCN2C(=O)C2CCN(C(C)C)CC2)on1. The van der Waals surface area contributed by atoms with E-state index in [-0.39, 0.29) is 12.0 Å². The van der Waals surface area contributed by atoms with Crippen molar-refractivity contribution in [3.8, 4) is 11.3 Å². The van der Waals surface area contributed by atoms with Crippen molar-refractivity contribution in [3.05, 3.63) is 23.7 Å². The molecule has 0 aromatic carbocycles. The van der Waals surface area contributed by atoms with E-state index in [9.17, 15) is 4.79 Å². The number of piperidine rings is 1. The molecule has 2 aliphatic heterocycles. The van der Waals surface area contributed by atoms with E-state index in [1.807, 2.05) is 30.9 Å². The molecule has 2 aromatic heterocycles. The fourth-order valence-corrected chi connectivity index (χ4v) is 4.64. The van der Waals surface area contributed by atoms with Gasteiger partial charge >= 0.3 is 0 Å². The monoisotopic (exact) mass is 385 g/mol. The number of amides is 1. The Morgan fingerprint density at radius 3 is 2.61 bits per heavy atom. The zero-order valence-corrected chi connectivity index (χ0v) is 17.4. The zero-order valence-electron chi connectivity index (χ0n) is 17.4. The van der Waals surface area contributed by atoms with Crippen LogP contribution in [-0.4, -0.2) is 56.3 Å². The number of aromatic nitrogens is 3. The summed E-state index contributed by atoms with van der Waals surface area (Å²) >= 11 is 0. The first kappa shape index (κ1) is 19.2. The summed E-state index contributed by atoms with van der Waals surface area (Å²) in [7, 11) is 1.92. The average molecular weight is 386 g/mol. The van der Waals surface area contributed by atoms with E-state index in [4.69, 9.17) is 9.62 Å². The van der Waals surface area contributed by atoms with E-state index in [0.717, 1.165) is 68.0 Å². The van der Waals surface area contributed by atoms with Crippen LogP contribution in [0.4, 0.5) is 0 Å². The minimum absolute atomic E-state index is 0.0252. The Labute approximate surface area is 166 Å². The summed E-state index contributed by atoms with van der Waals surface area (Å²) in [6.07, 6.45) is 5.85. The van der Waals surface area contributed by atoms with Crippen LogP contribution in [0, 0.1) is 12.8 Å². The molecule has 0 bridgehead atoms. The van der Waals surface area contributed by atoms with Crippen molar-refractivity contribution >= 4 is 5.91 Å². The third-order valence-corrected chi connectivity index (χ3v) is 6.21. The van der Waals surface area contributed by atoms with Crippen LogP contribution in [0.25, 0.3) is 11.3 Å². The molecule has 4 rings (SSSR count). The van der Waals surface area contributed by atoms with Gasteiger partial charge in [-0.05, 0) is 59.5 Å². The maximum atomic E-state index is 13.4. The lowest BCUT2D eigenvalue weighted by atomic mass is 9.93. The fourth-order valence-electron chi connectivity index (χ4n) is 4.64. The molecule has 7 nitrogen and oxygen atoms in total. The van der Waals surface area contributed by atoms with Gasteiger partial charge in [-0.2, -0.15) is 5.10 Å². The van der Waals surface area contributed by atoms with Crippen molar-refractivity contribution in [2.24, 2.45) is 13.0 Å². The number of carbonyl (C=O) groups excluding carboxylic acids is 1. The van der Waals surface area contributed by atoms with Gasteiger partial charge in [-0.1, -0.05) is 5.16 Å². The number of hydrogen-bond donors (Lipinski definition) is 0. The highest BCUT2D eigenvalue weighted by Gasteiger charge is 2.38. The van der Waals surface area contributed by atoms with Gasteiger partial charge in [0.25, 0.3) is 0 Å². The second-order valence-corrected chi connectivity index (χ2v) is 8.53. The Morgan fingerprint density at radius 2 is 1.96 bits per heavy atom. The molecule has 2 aromatic rings. The van der Waals surface area contributed by atoms with Crippen LogP contribution in [0.3, 0.4) is 0 Å². The molecule has 1 atom stereocenters. The highest BCUT2D eigenvalue weighted by Crippen LogP contribution is 2.38. The number of rotatable bonds is 4. The molecule has 2 aliphatic rings. The second kappa shape index (κ2) is 7.70. The Kier molecular flexibility index (Phi) is 5.27. The third-order valence-electron chi connectivity index (χ3n) is 6.21. The molecule has 0 radical (unpaired) electrons. The minimum Gasteiger partial charge on any atom is -0.356 e. The summed E-state index contributed by atoms with van der Waals surface area (Å²) in [5, 5.41) is 8.74. The fraction of sp³-hybridized carbons (Fsp3) is 0.667. The van der Waals surface area contributed by atoms with E-state index < -0.39 is 0 Å². The predicted molar refractivity (Wildman–Crippen MR) is 107 cm³/mol. The minimum atomic E-state index is 0.0252. The van der Waals surface area contributed by atoms with Gasteiger partial charge in [0, 0.05) is 37.8 Å². The van der Waals surface area contributed by atoms with E-state index in [1.165, 1.54) is 0 Å². The maximum absolute atomic E-state index is 13.4. The van der Waals surface area contributed by atoms with Gasteiger partial charge in [0.1, 0.15) is 0 Å². The van der Waals surface area contributed by atoms with Gasteiger partial charge in [-0.15, -0.1) is 0 Å². The van der Waals surface area contributed by atoms with Crippen LogP contribution in [0.15, 0.2) is 16.8 Å². The summed E-state index contributed by atoms with van der Waals surface area (Å²) in [6.45, 7) is 9.22. The summed E-state index contributed by atoms with van der Waals surface area (Å²) in [6, 6.07) is 2.51. The number of hydrogen-bond acceptors (Lipinski definition) is 5. The Morgan fingerprint density at radius 1 is 1.21 bits per heavy atom. The number of nitrogens with zero attached hydrogens (tertiary/aromatic N) is 5. The molecule has 0 unspecified atom stereocenters. The van der Waals surface area contributed by atoms with Crippen LogP contribution in [0.2, 0.25) is 0 Å². The second-order valence-electron chi connectivity index (χ2n) is 8.53. The molecular weight excluding hydrogens is 354 g/mol. The molecule has 28 heavy (non-hydrogen) atoms. The number of likely N-dealkylation sites (tertiary alicyclic amines) is 2. The maximum Gasteiger partial charge on any atom is 0.226 e. The van der Waals surface area contributed by atoms with Crippen molar-refractivity contribution in [2.45, 2.75) is 58.5 Å². The van der Waals surface area contributed by atoms with Crippen molar-refractivity contribution < 1.29 is 9.32 Å². The molecular formula is C21H31N5O2. The van der Waals surface area contributed by atoms with Crippen LogP contribution < -0.4 is 0 Å². The first-order chi connectivity index (χ1) is 13.4. The molecule has 0 aliphatic carbocycles. The van der Waals surface area contributed by atoms with E-state index >= 15 is 0 Å². The van der Waals surface area contributed by atoms with Crippen LogP contribution in [-0.2, 0) is 11.8 Å². The molecule has 4 heterocycles. The summed E-state index contributed by atoms with van der Waals surface area (Å²) in [5.41, 5.74) is 2.73. The molecule has 0 N–H and O–H groups in total. The van der Waals surface area contributed by atoms with Gasteiger partial charge in [-0.3, -0.25) is 9.48 Å². The lowest BCUT2D eigenvalue weighted by Crippen LogP contribution is -2.44. The highest BCUT2D eigenvalue weighted by atomic mass is 16.5. The summed E-state index contributed by atoms with van der Waals surface area (Å²) in [4.78, 5) is 17.9. The van der Waals surface area contributed by atoms with Crippen LogP contribution in [0.5, 0.6) is 0 Å². The van der Waals surface area contributed by atoms with Crippen molar-refractivity contribution in [1.82, 2.24) is 24.7 Å². The van der Waals surface area contributed by atoms with E-state index in [2.05, 4.69) is 28.8 Å². The van der Waals surface area contributed by atoms with E-state index in [0.29, 0.717) is 11.9 Å². The van der Waals surface area contributed by atoms with Crippen molar-refractivity contribution in [1.29, 1.82) is 0 Å². The molecule has 2 saturated heterocycles. The van der Waals surface area contributed by atoms with Crippen LogP contribution in [0.1, 0.15) is 57.0 Å². The standard InChI is InChI=1S/C21H31N5O2/c1-14(2)25-10-7-16(8-11-25)21(27)26-9-5-6-18(26)20-17(13-24(4)22-20)19-12-15(3)23-28-19/h12-14,16,18H,5-11H2,1-4H3/t18-/m0/s1. The van der Waals surface area contributed by atoms with Crippen molar-refractivity contribution in [3.63, 3.8) is 0 Å².